The number of methoxy groups -OCH3 is 1. The van der Waals surface area contributed by atoms with E-state index in [1.807, 2.05) is 0 Å². The lowest BCUT2D eigenvalue weighted by Crippen LogP contribution is -2.48. The van der Waals surface area contributed by atoms with Gasteiger partial charge in [-0.15, -0.1) is 0 Å². The van der Waals surface area contributed by atoms with Gasteiger partial charge in [-0.25, -0.2) is 17.9 Å². The third-order valence-corrected chi connectivity index (χ3v) is 4.66. The normalized spacial score (nSPS) is 12.2. The average molecular weight is 300 g/mol. The van der Waals surface area contributed by atoms with Crippen molar-refractivity contribution in [1.82, 2.24) is 4.72 Å². The van der Waals surface area contributed by atoms with E-state index in [1.165, 1.54) is 19.2 Å². The van der Waals surface area contributed by atoms with Crippen LogP contribution in [0.25, 0.3) is 0 Å². The molecular weight excluding hydrogens is 280 g/mol. The van der Waals surface area contributed by atoms with Gasteiger partial charge in [-0.3, -0.25) is 0 Å². The molecule has 0 atom stereocenters. The van der Waals surface area contributed by atoms with E-state index in [9.17, 15) is 13.2 Å². The van der Waals surface area contributed by atoms with Gasteiger partial charge in [0.1, 0.15) is 0 Å². The maximum absolute atomic E-state index is 12.4. The number of rotatable bonds is 5. The number of benzene rings is 1. The van der Waals surface area contributed by atoms with Crippen LogP contribution in [0, 0.1) is 6.92 Å². The van der Waals surface area contributed by atoms with Gasteiger partial charge >= 0.3 is 5.97 Å². The summed E-state index contributed by atoms with van der Waals surface area (Å²) in [5.74, 6) is -0.584. The quantitative estimate of drug-likeness (QED) is 0.784. The van der Waals surface area contributed by atoms with Gasteiger partial charge in [0, 0.05) is 12.1 Å². The first-order valence-corrected chi connectivity index (χ1v) is 7.54. The summed E-state index contributed by atoms with van der Waals surface area (Å²) in [5.41, 5.74) is 5.48. The van der Waals surface area contributed by atoms with Gasteiger partial charge in [-0.1, -0.05) is 6.07 Å². The number of aryl methyl sites for hydroxylation is 1. The molecule has 7 heteroatoms. The molecule has 0 aromatic heterocycles. The van der Waals surface area contributed by atoms with Gasteiger partial charge in [0.2, 0.25) is 10.0 Å². The van der Waals surface area contributed by atoms with Gasteiger partial charge in [0.05, 0.1) is 17.6 Å². The van der Waals surface area contributed by atoms with Crippen LogP contribution in [-0.2, 0) is 14.8 Å². The predicted molar refractivity (Wildman–Crippen MR) is 76.0 cm³/mol. The van der Waals surface area contributed by atoms with Crippen LogP contribution < -0.4 is 10.5 Å². The molecule has 20 heavy (non-hydrogen) atoms. The molecule has 0 heterocycles. The Balaban J connectivity index is 3.28. The van der Waals surface area contributed by atoms with Gasteiger partial charge < -0.3 is 10.5 Å². The molecule has 0 aliphatic carbocycles. The van der Waals surface area contributed by atoms with Crippen molar-refractivity contribution in [3.8, 4) is 0 Å². The van der Waals surface area contributed by atoms with Gasteiger partial charge in [0.15, 0.2) is 0 Å². The average Bonchev–Trinajstić information content (AvgIpc) is 2.37. The summed E-state index contributed by atoms with van der Waals surface area (Å²) in [4.78, 5) is 11.5. The van der Waals surface area contributed by atoms with E-state index < -0.39 is 21.5 Å². The standard InChI is InChI=1S/C13H20N2O4S/c1-9-5-6-10(12(16)19-4)7-11(9)20(17,18)15-13(2,3)8-14/h5-7,15H,8,14H2,1-4H3. The number of hydrogen-bond acceptors (Lipinski definition) is 5. The number of carbonyl (C=O) groups is 1. The molecule has 0 aliphatic rings. The van der Waals surface area contributed by atoms with E-state index in [-0.39, 0.29) is 17.0 Å². The lowest BCUT2D eigenvalue weighted by molar-refractivity contribution is 0.0600. The molecule has 0 bridgehead atoms. The molecule has 0 saturated carbocycles. The molecule has 3 N–H and O–H groups in total. The second kappa shape index (κ2) is 5.90. The number of nitrogens with one attached hydrogen (secondary N) is 1. The van der Waals surface area contributed by atoms with Crippen molar-refractivity contribution >= 4 is 16.0 Å². The number of carbonyl (C=O) groups excluding carboxylic acids is 1. The molecule has 0 aliphatic heterocycles. The minimum Gasteiger partial charge on any atom is -0.465 e. The molecule has 0 saturated heterocycles. The number of hydrogen-bond donors (Lipinski definition) is 2. The molecule has 1 aromatic rings. The SMILES string of the molecule is COC(=O)c1ccc(C)c(S(=O)(=O)NC(C)(C)CN)c1. The van der Waals surface area contributed by atoms with Crippen molar-refractivity contribution in [1.29, 1.82) is 0 Å². The van der Waals surface area contributed by atoms with Crippen molar-refractivity contribution in [2.45, 2.75) is 31.2 Å². The highest BCUT2D eigenvalue weighted by Gasteiger charge is 2.26. The maximum atomic E-state index is 12.4. The zero-order valence-electron chi connectivity index (χ0n) is 12.1. The van der Waals surface area contributed by atoms with Gasteiger partial charge in [-0.2, -0.15) is 0 Å². The molecule has 0 fully saturated rings. The number of nitrogens with two attached hydrogens (primary N) is 1. The Kier molecular flexibility index (Phi) is 4.90. The van der Waals surface area contributed by atoms with Crippen molar-refractivity contribution in [2.24, 2.45) is 5.73 Å². The van der Waals surface area contributed by atoms with Crippen molar-refractivity contribution < 1.29 is 17.9 Å². The Morgan fingerprint density at radius 2 is 2.00 bits per heavy atom. The van der Waals surface area contributed by atoms with E-state index in [1.54, 1.807) is 26.8 Å². The molecule has 6 nitrogen and oxygen atoms in total. The molecule has 0 amide bonds. The summed E-state index contributed by atoms with van der Waals surface area (Å²) in [7, 11) is -2.52. The van der Waals surface area contributed by atoms with Gasteiger partial charge in [-0.05, 0) is 38.5 Å². The van der Waals surface area contributed by atoms with Crippen LogP contribution in [0.3, 0.4) is 0 Å². The Bertz CT molecular complexity index is 609. The van der Waals surface area contributed by atoms with Crippen molar-refractivity contribution in [2.75, 3.05) is 13.7 Å². The van der Waals surface area contributed by atoms with E-state index >= 15 is 0 Å². The fourth-order valence-electron chi connectivity index (χ4n) is 1.59. The molecule has 0 unspecified atom stereocenters. The molecule has 1 rings (SSSR count). The van der Waals surface area contributed by atoms with Crippen LogP contribution in [0.2, 0.25) is 0 Å². The molecular formula is C13H20N2O4S. The topological polar surface area (TPSA) is 98.5 Å². The van der Waals surface area contributed by atoms with Crippen LogP contribution >= 0.6 is 0 Å². The molecule has 0 spiro atoms. The van der Waals surface area contributed by atoms with Crippen LogP contribution in [-0.4, -0.2) is 33.6 Å². The largest absolute Gasteiger partial charge is 0.465 e. The summed E-state index contributed by atoms with van der Waals surface area (Å²) in [6.07, 6.45) is 0. The summed E-state index contributed by atoms with van der Waals surface area (Å²) < 4.78 is 31.9. The Morgan fingerprint density at radius 1 is 1.40 bits per heavy atom. The zero-order chi connectivity index (χ0) is 15.6. The molecule has 112 valence electrons. The maximum Gasteiger partial charge on any atom is 0.337 e. The third-order valence-electron chi connectivity index (χ3n) is 2.82. The Morgan fingerprint density at radius 3 is 2.50 bits per heavy atom. The Labute approximate surface area is 119 Å². The fourth-order valence-corrected chi connectivity index (χ4v) is 3.29. The summed E-state index contributed by atoms with van der Waals surface area (Å²) in [6.45, 7) is 5.18. The summed E-state index contributed by atoms with van der Waals surface area (Å²) in [6, 6.07) is 4.39. The first-order chi connectivity index (χ1) is 9.13. The second-order valence-corrected chi connectivity index (χ2v) is 6.82. The summed E-state index contributed by atoms with van der Waals surface area (Å²) in [5, 5.41) is 0. The lowest BCUT2D eigenvalue weighted by Gasteiger charge is -2.24. The first-order valence-electron chi connectivity index (χ1n) is 6.06. The number of esters is 1. The second-order valence-electron chi connectivity index (χ2n) is 5.17. The monoisotopic (exact) mass is 300 g/mol. The molecule has 1 aromatic carbocycles. The van der Waals surface area contributed by atoms with Crippen molar-refractivity contribution in [3.05, 3.63) is 29.3 Å². The molecule has 0 radical (unpaired) electrons. The number of sulfonamides is 1. The van der Waals surface area contributed by atoms with Gasteiger partial charge in [0.25, 0.3) is 0 Å². The summed E-state index contributed by atoms with van der Waals surface area (Å²) >= 11 is 0. The highest BCUT2D eigenvalue weighted by molar-refractivity contribution is 7.89. The smallest absolute Gasteiger partial charge is 0.337 e. The highest BCUT2D eigenvalue weighted by atomic mass is 32.2. The van der Waals surface area contributed by atoms with Crippen molar-refractivity contribution in [3.63, 3.8) is 0 Å². The predicted octanol–water partition coefficient (Wildman–Crippen LogP) is 0.797. The minimum atomic E-state index is -3.76. The van der Waals surface area contributed by atoms with E-state index in [2.05, 4.69) is 9.46 Å². The zero-order valence-corrected chi connectivity index (χ0v) is 12.9. The van der Waals surface area contributed by atoms with Crippen LogP contribution in [0.5, 0.6) is 0 Å². The number of ether oxygens (including phenoxy) is 1. The highest BCUT2D eigenvalue weighted by Crippen LogP contribution is 2.19. The van der Waals surface area contributed by atoms with Crippen LogP contribution in [0.4, 0.5) is 0 Å². The van der Waals surface area contributed by atoms with Crippen LogP contribution in [0.1, 0.15) is 29.8 Å². The van der Waals surface area contributed by atoms with E-state index in [0.717, 1.165) is 0 Å². The van der Waals surface area contributed by atoms with E-state index in [4.69, 9.17) is 5.73 Å². The lowest BCUT2D eigenvalue weighted by atomic mass is 10.1. The van der Waals surface area contributed by atoms with Crippen LogP contribution in [0.15, 0.2) is 23.1 Å². The van der Waals surface area contributed by atoms with E-state index in [0.29, 0.717) is 5.56 Å². The first kappa shape index (κ1) is 16.6. The fraction of sp³-hybridized carbons (Fsp3) is 0.462. The third kappa shape index (κ3) is 3.78. The Hall–Kier alpha value is -1.44. The minimum absolute atomic E-state index is 0.0434.